The topological polar surface area (TPSA) is 55.2 Å². The van der Waals surface area contributed by atoms with Gasteiger partial charge in [0.05, 0.1) is 4.92 Å². The molecule has 2 rings (SSSR count). The number of nitro groups is 1. The van der Waals surface area contributed by atoms with E-state index >= 15 is 0 Å². The lowest BCUT2D eigenvalue weighted by Gasteiger charge is -2.06. The Morgan fingerprint density at radius 2 is 1.89 bits per heavy atom. The Hall–Kier alpha value is -2.43. The van der Waals surface area contributed by atoms with Gasteiger partial charge in [-0.05, 0) is 29.8 Å². The van der Waals surface area contributed by atoms with E-state index in [9.17, 15) is 14.5 Å². The summed E-state index contributed by atoms with van der Waals surface area (Å²) in [6.45, 7) is 0.452. The van der Waals surface area contributed by atoms with Crippen LogP contribution in [0.25, 0.3) is 0 Å². The Labute approximate surface area is 103 Å². The fourth-order valence-electron chi connectivity index (χ4n) is 1.55. The van der Waals surface area contributed by atoms with Crippen LogP contribution in [0.1, 0.15) is 5.56 Å². The van der Waals surface area contributed by atoms with Crippen LogP contribution in [0.2, 0.25) is 0 Å². The summed E-state index contributed by atoms with van der Waals surface area (Å²) in [6, 6.07) is 12.3. The van der Waals surface area contributed by atoms with Gasteiger partial charge in [0.25, 0.3) is 5.69 Å². The molecule has 4 nitrogen and oxygen atoms in total. The summed E-state index contributed by atoms with van der Waals surface area (Å²) in [5, 5.41) is 13.7. The molecule has 1 N–H and O–H groups in total. The zero-order valence-corrected chi connectivity index (χ0v) is 9.47. The van der Waals surface area contributed by atoms with Gasteiger partial charge < -0.3 is 5.32 Å². The Balaban J connectivity index is 2.04. The molecule has 0 radical (unpaired) electrons. The van der Waals surface area contributed by atoms with E-state index in [1.807, 2.05) is 0 Å². The fourth-order valence-corrected chi connectivity index (χ4v) is 1.55. The molecule has 0 amide bonds. The molecule has 0 saturated heterocycles. The van der Waals surface area contributed by atoms with Crippen molar-refractivity contribution in [3.05, 3.63) is 70.0 Å². The second-order valence-corrected chi connectivity index (χ2v) is 3.79. The first-order valence-electron chi connectivity index (χ1n) is 5.38. The van der Waals surface area contributed by atoms with Crippen LogP contribution >= 0.6 is 0 Å². The second kappa shape index (κ2) is 5.27. The molecule has 0 atom stereocenters. The molecule has 2 aromatic rings. The highest BCUT2D eigenvalue weighted by atomic mass is 19.1. The van der Waals surface area contributed by atoms with E-state index in [4.69, 9.17) is 0 Å². The number of rotatable bonds is 4. The summed E-state index contributed by atoms with van der Waals surface area (Å²) in [7, 11) is 0. The van der Waals surface area contributed by atoms with Crippen molar-refractivity contribution in [3.8, 4) is 0 Å². The molecule has 5 heteroatoms. The predicted octanol–water partition coefficient (Wildman–Crippen LogP) is 3.35. The molecule has 0 aromatic heterocycles. The maximum absolute atomic E-state index is 12.7. The molecule has 0 fully saturated rings. The summed E-state index contributed by atoms with van der Waals surface area (Å²) in [5.41, 5.74) is 1.63. The van der Waals surface area contributed by atoms with Crippen LogP contribution in [0.15, 0.2) is 48.5 Å². The molecule has 0 heterocycles. The van der Waals surface area contributed by atoms with Crippen molar-refractivity contribution >= 4 is 11.4 Å². The molecule has 2 aromatic carbocycles. The van der Waals surface area contributed by atoms with Crippen molar-refractivity contribution in [1.82, 2.24) is 0 Å². The van der Waals surface area contributed by atoms with Crippen molar-refractivity contribution in [1.29, 1.82) is 0 Å². The fraction of sp³-hybridized carbons (Fsp3) is 0.0769. The number of halogens is 1. The number of hydrogen-bond donors (Lipinski definition) is 1. The van der Waals surface area contributed by atoms with Crippen LogP contribution < -0.4 is 5.32 Å². The van der Waals surface area contributed by atoms with Gasteiger partial charge in [-0.25, -0.2) is 4.39 Å². The SMILES string of the molecule is O=[N+]([O-])c1cccc(CNc2ccc(F)cc2)c1. The Bertz CT molecular complexity index is 555. The van der Waals surface area contributed by atoms with Gasteiger partial charge in [-0.3, -0.25) is 10.1 Å². The third kappa shape index (κ3) is 3.04. The molecular weight excluding hydrogens is 235 g/mol. The summed E-state index contributed by atoms with van der Waals surface area (Å²) >= 11 is 0. The number of non-ortho nitro benzene ring substituents is 1. The van der Waals surface area contributed by atoms with E-state index in [1.165, 1.54) is 24.3 Å². The van der Waals surface area contributed by atoms with Crippen LogP contribution in [0.3, 0.4) is 0 Å². The van der Waals surface area contributed by atoms with Gasteiger partial charge in [0, 0.05) is 24.4 Å². The maximum atomic E-state index is 12.7. The minimum Gasteiger partial charge on any atom is -0.381 e. The Kier molecular flexibility index (Phi) is 3.52. The smallest absolute Gasteiger partial charge is 0.269 e. The van der Waals surface area contributed by atoms with E-state index in [0.29, 0.717) is 6.54 Å². The first-order chi connectivity index (χ1) is 8.65. The van der Waals surface area contributed by atoms with Crippen molar-refractivity contribution in [2.75, 3.05) is 5.32 Å². The van der Waals surface area contributed by atoms with Gasteiger partial charge in [0.2, 0.25) is 0 Å². The Morgan fingerprint density at radius 1 is 1.17 bits per heavy atom. The first kappa shape index (κ1) is 12.0. The molecule has 18 heavy (non-hydrogen) atoms. The minimum atomic E-state index is -0.429. The third-order valence-corrected chi connectivity index (χ3v) is 2.46. The number of benzene rings is 2. The lowest BCUT2D eigenvalue weighted by atomic mass is 10.2. The predicted molar refractivity (Wildman–Crippen MR) is 66.8 cm³/mol. The molecule has 0 spiro atoms. The molecule has 0 bridgehead atoms. The summed E-state index contributed by atoms with van der Waals surface area (Å²) in [6.07, 6.45) is 0. The van der Waals surface area contributed by atoms with Crippen LogP contribution in [-0.2, 0) is 6.54 Å². The lowest BCUT2D eigenvalue weighted by molar-refractivity contribution is -0.384. The number of nitrogens with one attached hydrogen (secondary N) is 1. The molecule has 0 aliphatic rings. The largest absolute Gasteiger partial charge is 0.381 e. The molecule has 92 valence electrons. The average molecular weight is 246 g/mol. The molecular formula is C13H11FN2O2. The van der Waals surface area contributed by atoms with Crippen LogP contribution in [-0.4, -0.2) is 4.92 Å². The van der Waals surface area contributed by atoms with E-state index in [1.54, 1.807) is 24.3 Å². The monoisotopic (exact) mass is 246 g/mol. The van der Waals surface area contributed by atoms with Crippen molar-refractivity contribution in [3.63, 3.8) is 0 Å². The van der Waals surface area contributed by atoms with Gasteiger partial charge in [-0.2, -0.15) is 0 Å². The average Bonchev–Trinajstić information content (AvgIpc) is 2.38. The quantitative estimate of drug-likeness (QED) is 0.664. The van der Waals surface area contributed by atoms with Crippen LogP contribution in [0.4, 0.5) is 15.8 Å². The van der Waals surface area contributed by atoms with E-state index in [0.717, 1.165) is 11.3 Å². The van der Waals surface area contributed by atoms with Gasteiger partial charge >= 0.3 is 0 Å². The standard InChI is InChI=1S/C13H11FN2O2/c14-11-4-6-12(7-5-11)15-9-10-2-1-3-13(8-10)16(17)18/h1-8,15H,9H2. The number of hydrogen-bond acceptors (Lipinski definition) is 3. The van der Waals surface area contributed by atoms with Gasteiger partial charge in [0.15, 0.2) is 0 Å². The number of nitro benzene ring substituents is 1. The van der Waals surface area contributed by atoms with Crippen molar-refractivity contribution in [2.45, 2.75) is 6.54 Å². The highest BCUT2D eigenvalue weighted by Gasteiger charge is 2.05. The lowest BCUT2D eigenvalue weighted by Crippen LogP contribution is -2.00. The summed E-state index contributed by atoms with van der Waals surface area (Å²) < 4.78 is 12.7. The van der Waals surface area contributed by atoms with E-state index in [-0.39, 0.29) is 11.5 Å². The third-order valence-electron chi connectivity index (χ3n) is 2.46. The zero-order chi connectivity index (χ0) is 13.0. The van der Waals surface area contributed by atoms with Crippen molar-refractivity contribution in [2.24, 2.45) is 0 Å². The molecule has 0 unspecified atom stereocenters. The zero-order valence-electron chi connectivity index (χ0n) is 9.47. The normalized spacial score (nSPS) is 10.1. The van der Waals surface area contributed by atoms with Crippen LogP contribution in [0.5, 0.6) is 0 Å². The minimum absolute atomic E-state index is 0.0633. The van der Waals surface area contributed by atoms with Gasteiger partial charge in [-0.15, -0.1) is 0 Å². The number of nitrogens with zero attached hydrogens (tertiary/aromatic N) is 1. The van der Waals surface area contributed by atoms with Crippen molar-refractivity contribution < 1.29 is 9.31 Å². The highest BCUT2D eigenvalue weighted by Crippen LogP contribution is 2.15. The second-order valence-electron chi connectivity index (χ2n) is 3.79. The summed E-state index contributed by atoms with van der Waals surface area (Å²) in [5.74, 6) is -0.295. The van der Waals surface area contributed by atoms with Gasteiger partial charge in [0.1, 0.15) is 5.82 Å². The first-order valence-corrected chi connectivity index (χ1v) is 5.38. The van der Waals surface area contributed by atoms with Gasteiger partial charge in [-0.1, -0.05) is 12.1 Å². The molecule has 0 aliphatic carbocycles. The highest BCUT2D eigenvalue weighted by molar-refractivity contribution is 5.44. The molecule has 0 saturated carbocycles. The molecule has 0 aliphatic heterocycles. The summed E-state index contributed by atoms with van der Waals surface area (Å²) in [4.78, 5) is 10.2. The van der Waals surface area contributed by atoms with E-state index < -0.39 is 4.92 Å². The Morgan fingerprint density at radius 3 is 2.56 bits per heavy atom. The maximum Gasteiger partial charge on any atom is 0.269 e. The number of anilines is 1. The van der Waals surface area contributed by atoms with Crippen LogP contribution in [0, 0.1) is 15.9 Å². The van der Waals surface area contributed by atoms with E-state index in [2.05, 4.69) is 5.32 Å².